The van der Waals surface area contributed by atoms with Crippen LogP contribution in [0.3, 0.4) is 0 Å². The van der Waals surface area contributed by atoms with Gasteiger partial charge in [0, 0.05) is 6.07 Å². The van der Waals surface area contributed by atoms with Crippen LogP contribution in [0.2, 0.25) is 0 Å². The summed E-state index contributed by atoms with van der Waals surface area (Å²) in [4.78, 5) is 7.56. The third-order valence-electron chi connectivity index (χ3n) is 3.17. The zero-order valence-corrected chi connectivity index (χ0v) is 10.4. The van der Waals surface area contributed by atoms with Gasteiger partial charge in [0.15, 0.2) is 0 Å². The molecule has 0 unspecified atom stereocenters. The van der Waals surface area contributed by atoms with Crippen LogP contribution in [0.4, 0.5) is 4.39 Å². The first-order chi connectivity index (χ1) is 9.17. The van der Waals surface area contributed by atoms with Crippen molar-refractivity contribution in [3.63, 3.8) is 0 Å². The average Bonchev–Trinajstić information content (AvgIpc) is 2.80. The number of benzene rings is 2. The molecule has 0 aliphatic rings. The number of H-pyrrole nitrogens is 1. The number of hydrogen-bond acceptors (Lipinski definition) is 2. The van der Waals surface area contributed by atoms with E-state index in [4.69, 9.17) is 0 Å². The first-order valence-corrected chi connectivity index (χ1v) is 6.15. The largest absolute Gasteiger partial charge is 0.507 e. The molecule has 0 atom stereocenters. The van der Waals surface area contributed by atoms with Crippen LogP contribution in [0.15, 0.2) is 36.4 Å². The number of nitrogens with zero attached hydrogens (tertiary/aromatic N) is 1. The quantitative estimate of drug-likeness (QED) is 0.735. The molecule has 0 saturated carbocycles. The molecule has 19 heavy (non-hydrogen) atoms. The van der Waals surface area contributed by atoms with Crippen LogP contribution in [0.5, 0.6) is 5.75 Å². The number of fused-ring (bicyclic) bond motifs is 1. The molecule has 0 radical (unpaired) electrons. The van der Waals surface area contributed by atoms with Crippen molar-refractivity contribution in [3.8, 4) is 17.1 Å². The van der Waals surface area contributed by atoms with E-state index in [2.05, 4.69) is 16.9 Å². The third kappa shape index (κ3) is 2.05. The first kappa shape index (κ1) is 11.7. The lowest BCUT2D eigenvalue weighted by atomic mass is 10.1. The minimum Gasteiger partial charge on any atom is -0.507 e. The van der Waals surface area contributed by atoms with E-state index in [1.54, 1.807) is 0 Å². The van der Waals surface area contributed by atoms with Crippen LogP contribution in [-0.4, -0.2) is 15.1 Å². The van der Waals surface area contributed by atoms with E-state index in [1.165, 1.54) is 17.7 Å². The van der Waals surface area contributed by atoms with Crippen LogP contribution >= 0.6 is 0 Å². The van der Waals surface area contributed by atoms with Gasteiger partial charge in [0.2, 0.25) is 0 Å². The van der Waals surface area contributed by atoms with Crippen LogP contribution < -0.4 is 0 Å². The van der Waals surface area contributed by atoms with Gasteiger partial charge in [0.05, 0.1) is 16.6 Å². The van der Waals surface area contributed by atoms with E-state index >= 15 is 0 Å². The Morgan fingerprint density at radius 2 is 2.05 bits per heavy atom. The van der Waals surface area contributed by atoms with Crippen molar-refractivity contribution in [2.75, 3.05) is 0 Å². The number of aromatic hydroxyl groups is 1. The predicted octanol–water partition coefficient (Wildman–Crippen LogP) is 3.64. The summed E-state index contributed by atoms with van der Waals surface area (Å²) in [6.45, 7) is 2.09. The minimum atomic E-state index is -0.467. The highest BCUT2D eigenvalue weighted by Gasteiger charge is 2.10. The van der Waals surface area contributed by atoms with Gasteiger partial charge in [0.25, 0.3) is 0 Å². The number of aryl methyl sites for hydroxylation is 1. The Labute approximate surface area is 109 Å². The molecule has 3 aromatic rings. The van der Waals surface area contributed by atoms with Gasteiger partial charge in [-0.25, -0.2) is 9.37 Å². The standard InChI is InChI=1S/C15H13FN2O/c1-2-9-3-6-12-13(7-9)18-15(17-12)11-5-4-10(16)8-14(11)19/h3-8,19H,2H2,1H3,(H,17,18). The SMILES string of the molecule is CCc1ccc2nc(-c3ccc(F)cc3O)[nH]c2c1. The van der Waals surface area contributed by atoms with Crippen LogP contribution in [-0.2, 0) is 6.42 Å². The number of phenols is 1. The summed E-state index contributed by atoms with van der Waals surface area (Å²) in [6, 6.07) is 9.90. The lowest BCUT2D eigenvalue weighted by Gasteiger charge is -2.00. The molecule has 0 bridgehead atoms. The number of phenolic OH excluding ortho intramolecular Hbond substituents is 1. The first-order valence-electron chi connectivity index (χ1n) is 6.15. The molecule has 3 nitrogen and oxygen atoms in total. The van der Waals surface area contributed by atoms with E-state index in [0.29, 0.717) is 11.4 Å². The van der Waals surface area contributed by atoms with E-state index in [-0.39, 0.29) is 5.75 Å². The summed E-state index contributed by atoms with van der Waals surface area (Å²) in [5.74, 6) is -0.0406. The topological polar surface area (TPSA) is 48.9 Å². The van der Waals surface area contributed by atoms with Gasteiger partial charge >= 0.3 is 0 Å². The average molecular weight is 256 g/mol. The van der Waals surface area contributed by atoms with Crippen molar-refractivity contribution in [2.24, 2.45) is 0 Å². The normalized spacial score (nSPS) is 11.1. The van der Waals surface area contributed by atoms with E-state index in [0.717, 1.165) is 23.5 Å². The molecule has 0 saturated heterocycles. The molecular formula is C15H13FN2O. The highest BCUT2D eigenvalue weighted by molar-refractivity contribution is 5.81. The monoisotopic (exact) mass is 256 g/mol. The van der Waals surface area contributed by atoms with Gasteiger partial charge in [0.1, 0.15) is 17.4 Å². The molecule has 0 fully saturated rings. The fourth-order valence-electron chi connectivity index (χ4n) is 2.11. The summed E-state index contributed by atoms with van der Waals surface area (Å²) >= 11 is 0. The Balaban J connectivity index is 2.14. The summed E-state index contributed by atoms with van der Waals surface area (Å²) in [5.41, 5.74) is 3.45. The highest BCUT2D eigenvalue weighted by atomic mass is 19.1. The van der Waals surface area contributed by atoms with Gasteiger partial charge in [-0.3, -0.25) is 0 Å². The van der Waals surface area contributed by atoms with E-state index in [9.17, 15) is 9.50 Å². The number of rotatable bonds is 2. The summed E-state index contributed by atoms with van der Waals surface area (Å²) < 4.78 is 13.0. The van der Waals surface area contributed by atoms with Crippen molar-refractivity contribution in [3.05, 3.63) is 47.8 Å². The zero-order chi connectivity index (χ0) is 13.4. The molecule has 0 amide bonds. The van der Waals surface area contributed by atoms with Crippen LogP contribution in [0, 0.1) is 5.82 Å². The minimum absolute atomic E-state index is 0.116. The number of nitrogens with one attached hydrogen (secondary N) is 1. The smallest absolute Gasteiger partial charge is 0.142 e. The van der Waals surface area contributed by atoms with Crippen LogP contribution in [0.25, 0.3) is 22.4 Å². The molecule has 3 rings (SSSR count). The summed E-state index contributed by atoms with van der Waals surface area (Å²) in [7, 11) is 0. The Morgan fingerprint density at radius 3 is 2.79 bits per heavy atom. The highest BCUT2D eigenvalue weighted by Crippen LogP contribution is 2.29. The van der Waals surface area contributed by atoms with Crippen molar-refractivity contribution in [1.29, 1.82) is 0 Å². The Hall–Kier alpha value is -2.36. The maximum absolute atomic E-state index is 13.0. The predicted molar refractivity (Wildman–Crippen MR) is 72.5 cm³/mol. The second-order valence-electron chi connectivity index (χ2n) is 4.45. The maximum atomic E-state index is 13.0. The molecule has 0 spiro atoms. The molecule has 96 valence electrons. The van der Waals surface area contributed by atoms with Crippen molar-refractivity contribution < 1.29 is 9.50 Å². The lowest BCUT2D eigenvalue weighted by Crippen LogP contribution is -1.83. The number of aromatic amines is 1. The number of halogens is 1. The summed E-state index contributed by atoms with van der Waals surface area (Å²) in [6.07, 6.45) is 0.950. The molecule has 1 heterocycles. The molecule has 1 aromatic heterocycles. The number of imidazole rings is 1. The second-order valence-corrected chi connectivity index (χ2v) is 4.45. The number of hydrogen-bond donors (Lipinski definition) is 2. The van der Waals surface area contributed by atoms with Crippen molar-refractivity contribution in [1.82, 2.24) is 9.97 Å². The molecule has 2 N–H and O–H groups in total. The fourth-order valence-corrected chi connectivity index (χ4v) is 2.11. The molecule has 4 heteroatoms. The third-order valence-corrected chi connectivity index (χ3v) is 3.17. The van der Waals surface area contributed by atoms with Gasteiger partial charge < -0.3 is 10.1 Å². The molecular weight excluding hydrogens is 243 g/mol. The van der Waals surface area contributed by atoms with Gasteiger partial charge in [-0.15, -0.1) is 0 Å². The van der Waals surface area contributed by atoms with E-state index < -0.39 is 5.82 Å². The Bertz CT molecular complexity index is 749. The maximum Gasteiger partial charge on any atom is 0.142 e. The molecule has 2 aromatic carbocycles. The number of aromatic nitrogens is 2. The molecule has 0 aliphatic heterocycles. The van der Waals surface area contributed by atoms with Gasteiger partial charge in [-0.2, -0.15) is 0 Å². The van der Waals surface area contributed by atoms with E-state index in [1.807, 2.05) is 18.2 Å². The van der Waals surface area contributed by atoms with Crippen LogP contribution in [0.1, 0.15) is 12.5 Å². The Morgan fingerprint density at radius 1 is 1.21 bits per heavy atom. The fraction of sp³-hybridized carbons (Fsp3) is 0.133. The van der Waals surface area contributed by atoms with Crippen molar-refractivity contribution in [2.45, 2.75) is 13.3 Å². The van der Waals surface area contributed by atoms with Gasteiger partial charge in [-0.05, 0) is 36.2 Å². The van der Waals surface area contributed by atoms with Gasteiger partial charge in [-0.1, -0.05) is 13.0 Å². The second kappa shape index (κ2) is 4.39. The van der Waals surface area contributed by atoms with Crippen molar-refractivity contribution >= 4 is 11.0 Å². The Kier molecular flexibility index (Phi) is 2.71. The molecule has 0 aliphatic carbocycles. The zero-order valence-electron chi connectivity index (χ0n) is 10.4. The lowest BCUT2D eigenvalue weighted by molar-refractivity contribution is 0.471. The summed E-state index contributed by atoms with van der Waals surface area (Å²) in [5, 5.41) is 9.77.